The first-order valence-electron chi connectivity index (χ1n) is 13.0. The average molecular weight is 532 g/mol. The molecular weight excluding hydrogens is 501 g/mol. The maximum atomic E-state index is 10.9. The zero-order valence-electron chi connectivity index (χ0n) is 21.4. The van der Waals surface area contributed by atoms with E-state index in [1.54, 1.807) is 0 Å². The zero-order valence-corrected chi connectivity index (χ0v) is 23.1. The van der Waals surface area contributed by atoms with Crippen LogP contribution >= 0.6 is 6.19 Å². The summed E-state index contributed by atoms with van der Waals surface area (Å²) in [6, 6.07) is 42.4. The topological polar surface area (TPSA) is 59.6 Å². The zero-order chi connectivity index (χ0) is 26.6. The van der Waals surface area contributed by atoms with Crippen molar-refractivity contribution in [2.75, 3.05) is 0 Å². The van der Waals surface area contributed by atoms with Crippen LogP contribution in [0.2, 0.25) is 0 Å². The minimum atomic E-state index is -2.52. The van der Waals surface area contributed by atoms with E-state index in [1.807, 2.05) is 36.4 Å². The molecular formula is C33H30N3PS. The molecule has 0 saturated heterocycles. The Hall–Kier alpha value is -3.53. The number of nitrogens with zero attached hydrogens (tertiary/aromatic N) is 2. The van der Waals surface area contributed by atoms with Crippen LogP contribution in [-0.4, -0.2) is 5.54 Å². The number of benzene rings is 4. The number of hydrogen-bond donors (Lipinski definition) is 1. The SMILES string of the molecule is C[C@](CCCC#N)(NP(=S)(c1ccccc1)c1ccccc1)[C@H](C#N)C1c2ccccc2-c2ccccc21. The predicted octanol–water partition coefficient (Wildman–Crippen LogP) is 7.03. The molecule has 0 aromatic heterocycles. The first-order chi connectivity index (χ1) is 18.5. The number of fused-ring (bicyclic) bond motifs is 3. The third-order valence-electron chi connectivity index (χ3n) is 7.68. The molecule has 1 N–H and O–H groups in total. The fraction of sp³-hybridized carbons (Fsp3) is 0.212. The van der Waals surface area contributed by atoms with Gasteiger partial charge in [0, 0.05) is 28.5 Å². The molecule has 188 valence electrons. The van der Waals surface area contributed by atoms with Gasteiger partial charge >= 0.3 is 0 Å². The summed E-state index contributed by atoms with van der Waals surface area (Å²) in [6.07, 6.45) is -0.732. The fourth-order valence-electron chi connectivity index (χ4n) is 5.87. The lowest BCUT2D eigenvalue weighted by molar-refractivity contribution is 0.281. The minimum Gasteiger partial charge on any atom is -0.275 e. The second-order valence-electron chi connectivity index (χ2n) is 10.1. The van der Waals surface area contributed by atoms with Crippen LogP contribution in [0.5, 0.6) is 0 Å². The Kier molecular flexibility index (Phi) is 7.60. The van der Waals surface area contributed by atoms with E-state index in [2.05, 4.69) is 96.9 Å². The molecule has 3 nitrogen and oxygen atoms in total. The van der Waals surface area contributed by atoms with Crippen molar-refractivity contribution in [3.63, 3.8) is 0 Å². The van der Waals surface area contributed by atoms with Crippen molar-refractivity contribution in [1.29, 1.82) is 10.5 Å². The molecule has 4 aromatic carbocycles. The molecule has 0 bridgehead atoms. The minimum absolute atomic E-state index is 0.0954. The highest BCUT2D eigenvalue weighted by atomic mass is 32.4. The van der Waals surface area contributed by atoms with Gasteiger partial charge in [0.2, 0.25) is 0 Å². The van der Waals surface area contributed by atoms with Crippen LogP contribution in [0.1, 0.15) is 43.2 Å². The van der Waals surface area contributed by atoms with E-state index in [1.165, 1.54) is 22.3 Å². The van der Waals surface area contributed by atoms with Gasteiger partial charge in [0.25, 0.3) is 0 Å². The van der Waals surface area contributed by atoms with Gasteiger partial charge in [-0.1, -0.05) is 121 Å². The Labute approximate surface area is 230 Å². The molecule has 0 aliphatic heterocycles. The monoisotopic (exact) mass is 531 g/mol. The van der Waals surface area contributed by atoms with Crippen molar-refractivity contribution in [3.8, 4) is 23.3 Å². The smallest absolute Gasteiger partial charge is 0.0755 e. The summed E-state index contributed by atoms with van der Waals surface area (Å²) in [6.45, 7) is 2.15. The molecule has 0 unspecified atom stereocenters. The number of unbranched alkanes of at least 4 members (excludes halogenated alkanes) is 1. The molecule has 0 heterocycles. The van der Waals surface area contributed by atoms with E-state index in [0.717, 1.165) is 10.6 Å². The lowest BCUT2D eigenvalue weighted by Gasteiger charge is -2.43. The average Bonchev–Trinajstić information content (AvgIpc) is 3.29. The van der Waals surface area contributed by atoms with E-state index in [9.17, 15) is 10.5 Å². The van der Waals surface area contributed by atoms with Gasteiger partial charge in [0.1, 0.15) is 0 Å². The summed E-state index contributed by atoms with van der Waals surface area (Å²) in [7, 11) is 0. The maximum Gasteiger partial charge on any atom is 0.0755 e. The quantitative estimate of drug-likeness (QED) is 0.186. The van der Waals surface area contributed by atoms with Gasteiger partial charge in [-0.15, -0.1) is 0 Å². The van der Waals surface area contributed by atoms with Crippen molar-refractivity contribution in [2.45, 2.75) is 37.6 Å². The molecule has 0 saturated carbocycles. The van der Waals surface area contributed by atoms with Gasteiger partial charge in [-0.2, -0.15) is 10.5 Å². The second-order valence-corrected chi connectivity index (χ2v) is 14.2. The Morgan fingerprint density at radius 1 is 0.789 bits per heavy atom. The lowest BCUT2D eigenvalue weighted by Crippen LogP contribution is -2.51. The lowest BCUT2D eigenvalue weighted by atomic mass is 9.72. The third kappa shape index (κ3) is 4.73. The summed E-state index contributed by atoms with van der Waals surface area (Å²) in [5.41, 5.74) is 4.10. The summed E-state index contributed by atoms with van der Waals surface area (Å²) >= 11 is 6.58. The Morgan fingerprint density at radius 2 is 1.26 bits per heavy atom. The summed E-state index contributed by atoms with van der Waals surface area (Å²) in [5, 5.41) is 26.4. The molecule has 5 rings (SSSR count). The van der Waals surface area contributed by atoms with Crippen LogP contribution in [0.3, 0.4) is 0 Å². The largest absolute Gasteiger partial charge is 0.275 e. The van der Waals surface area contributed by atoms with E-state index < -0.39 is 17.6 Å². The molecule has 1 aliphatic carbocycles. The first kappa shape index (κ1) is 26.1. The molecule has 0 spiro atoms. The number of nitrogens with one attached hydrogen (secondary N) is 1. The normalized spacial score (nSPS) is 14.9. The Morgan fingerprint density at radius 3 is 1.74 bits per heavy atom. The highest BCUT2D eigenvalue weighted by Gasteiger charge is 2.46. The number of rotatable bonds is 9. The molecule has 4 aromatic rings. The standard InChI is InChI=1S/C33H30N3PS/c1-33(22-12-13-23-34,36-37(38,25-14-4-2-5-15-25)26-16-6-3-7-17-26)31(24-35)32-29-20-10-8-18-27(29)28-19-9-11-21-30(28)32/h2-11,14-21,31-32H,12-13,22H2,1H3,(H,36,38)/t31-,33-/m1/s1. The van der Waals surface area contributed by atoms with Crippen LogP contribution in [0, 0.1) is 28.6 Å². The molecule has 1 aliphatic rings. The van der Waals surface area contributed by atoms with E-state index >= 15 is 0 Å². The summed E-state index contributed by atoms with van der Waals surface area (Å²) < 4.78 is 0. The molecule has 38 heavy (non-hydrogen) atoms. The molecule has 0 radical (unpaired) electrons. The van der Waals surface area contributed by atoms with Crippen LogP contribution in [0.15, 0.2) is 109 Å². The van der Waals surface area contributed by atoms with E-state index in [-0.39, 0.29) is 5.92 Å². The van der Waals surface area contributed by atoms with Crippen molar-refractivity contribution in [3.05, 3.63) is 120 Å². The van der Waals surface area contributed by atoms with Crippen molar-refractivity contribution in [1.82, 2.24) is 5.09 Å². The van der Waals surface area contributed by atoms with Crippen LogP contribution in [0.25, 0.3) is 11.1 Å². The van der Waals surface area contributed by atoms with Gasteiger partial charge in [0.05, 0.1) is 24.2 Å². The summed E-state index contributed by atoms with van der Waals surface area (Å²) in [5.74, 6) is -0.497. The van der Waals surface area contributed by atoms with Crippen molar-refractivity contribution < 1.29 is 0 Å². The molecule has 5 heteroatoms. The van der Waals surface area contributed by atoms with Gasteiger partial charge in [-0.05, 0) is 42.0 Å². The molecule has 0 amide bonds. The maximum absolute atomic E-state index is 10.9. The second kappa shape index (κ2) is 11.1. The van der Waals surface area contributed by atoms with Gasteiger partial charge in [0.15, 0.2) is 0 Å². The van der Waals surface area contributed by atoms with Crippen LogP contribution in [0.4, 0.5) is 0 Å². The van der Waals surface area contributed by atoms with Gasteiger partial charge in [-0.25, -0.2) is 0 Å². The highest BCUT2D eigenvalue weighted by Crippen LogP contribution is 2.53. The van der Waals surface area contributed by atoms with E-state index in [0.29, 0.717) is 19.3 Å². The highest BCUT2D eigenvalue weighted by molar-refractivity contribution is 8.21. The van der Waals surface area contributed by atoms with Crippen LogP contribution < -0.4 is 15.7 Å². The summed E-state index contributed by atoms with van der Waals surface area (Å²) in [4.78, 5) is 0. The first-order valence-corrected chi connectivity index (χ1v) is 15.8. The Balaban J connectivity index is 1.67. The number of nitriles is 2. The fourth-order valence-corrected chi connectivity index (χ4v) is 9.93. The van der Waals surface area contributed by atoms with Crippen molar-refractivity contribution >= 4 is 28.6 Å². The molecule has 2 atom stereocenters. The van der Waals surface area contributed by atoms with Crippen LogP contribution in [-0.2, 0) is 11.8 Å². The van der Waals surface area contributed by atoms with Crippen molar-refractivity contribution in [2.24, 2.45) is 5.92 Å². The van der Waals surface area contributed by atoms with Gasteiger partial charge < -0.3 is 0 Å². The van der Waals surface area contributed by atoms with E-state index in [4.69, 9.17) is 11.8 Å². The van der Waals surface area contributed by atoms with Gasteiger partial charge in [-0.3, -0.25) is 5.09 Å². The number of hydrogen-bond acceptors (Lipinski definition) is 3. The predicted molar refractivity (Wildman–Crippen MR) is 160 cm³/mol. The molecule has 0 fully saturated rings. The third-order valence-corrected chi connectivity index (χ3v) is 12.1. The Bertz CT molecular complexity index is 1470.